The number of carbonyl (C=O) groups excluding carboxylic acids is 1. The Labute approximate surface area is 186 Å². The van der Waals surface area contributed by atoms with Gasteiger partial charge in [0.05, 0.1) is 11.3 Å². The Morgan fingerprint density at radius 2 is 1.78 bits per heavy atom. The summed E-state index contributed by atoms with van der Waals surface area (Å²) < 4.78 is 3.67. The summed E-state index contributed by atoms with van der Waals surface area (Å²) in [7, 11) is 1.81. The predicted octanol–water partition coefficient (Wildman–Crippen LogP) is 5.44. The molecule has 0 aliphatic heterocycles. The van der Waals surface area contributed by atoms with Crippen molar-refractivity contribution < 1.29 is 14.7 Å². The largest absolute Gasteiger partial charge is 0.478 e. The molecule has 0 spiro atoms. The molecule has 2 aromatic carbocycles. The zero-order valence-corrected chi connectivity index (χ0v) is 18.0. The first-order valence-corrected chi connectivity index (χ1v) is 10.3. The Morgan fingerprint density at radius 3 is 2.53 bits per heavy atom. The van der Waals surface area contributed by atoms with Gasteiger partial charge in [-0.25, -0.2) is 4.79 Å². The Balaban J connectivity index is 1.52. The van der Waals surface area contributed by atoms with Crippen molar-refractivity contribution in [3.8, 4) is 11.1 Å². The van der Waals surface area contributed by atoms with Crippen molar-refractivity contribution in [3.63, 3.8) is 0 Å². The molecule has 4 aromatic rings. The number of carboxylic acid groups (broad SMARTS) is 1. The second-order valence-electron chi connectivity index (χ2n) is 7.82. The van der Waals surface area contributed by atoms with Crippen molar-refractivity contribution in [1.29, 1.82) is 0 Å². The summed E-state index contributed by atoms with van der Waals surface area (Å²) in [6, 6.07) is 19.0. The fourth-order valence-electron chi connectivity index (χ4n) is 3.73. The summed E-state index contributed by atoms with van der Waals surface area (Å²) in [5.74, 6) is -0.949. The van der Waals surface area contributed by atoms with E-state index >= 15 is 0 Å². The number of carboxylic acids is 1. The van der Waals surface area contributed by atoms with Crippen LogP contribution in [0.5, 0.6) is 0 Å². The van der Waals surface area contributed by atoms with Gasteiger partial charge < -0.3 is 14.2 Å². The first-order valence-electron chi connectivity index (χ1n) is 10.3. The minimum Gasteiger partial charge on any atom is -0.478 e. The third-order valence-electron chi connectivity index (χ3n) is 5.37. The number of allylic oxidation sites excluding steroid dienone is 1. The maximum Gasteiger partial charge on any atom is 0.337 e. The lowest BCUT2D eigenvalue weighted by Gasteiger charge is -2.07. The standard InChI is InChI=1S/C27H24N2O3/c1-19-10-12-21(13-11-19)26(30)25-9-5-15-29(25)14-4-7-20-6-3-8-22(16-20)23-17-28(2)18-24(23)27(31)32/h3-13,15-18H,14H2,1-2H3,(H,31,32)/b7-4+. The van der Waals surface area contributed by atoms with Gasteiger partial charge in [0, 0.05) is 43.3 Å². The summed E-state index contributed by atoms with van der Waals surface area (Å²) >= 11 is 0. The molecule has 5 nitrogen and oxygen atoms in total. The molecule has 0 aliphatic carbocycles. The highest BCUT2D eigenvalue weighted by Crippen LogP contribution is 2.26. The highest BCUT2D eigenvalue weighted by molar-refractivity contribution is 6.08. The van der Waals surface area contributed by atoms with Crippen LogP contribution in [0.2, 0.25) is 0 Å². The number of aromatic carboxylic acids is 1. The van der Waals surface area contributed by atoms with Crippen molar-refractivity contribution in [2.24, 2.45) is 7.05 Å². The number of benzene rings is 2. The Bertz CT molecular complexity index is 1310. The average molecular weight is 425 g/mol. The van der Waals surface area contributed by atoms with Gasteiger partial charge in [-0.05, 0) is 36.2 Å². The lowest BCUT2D eigenvalue weighted by molar-refractivity contribution is 0.0697. The van der Waals surface area contributed by atoms with Crippen LogP contribution in [0.4, 0.5) is 0 Å². The zero-order valence-electron chi connectivity index (χ0n) is 18.0. The van der Waals surface area contributed by atoms with Gasteiger partial charge >= 0.3 is 5.97 Å². The van der Waals surface area contributed by atoms with Crippen LogP contribution in [-0.4, -0.2) is 26.0 Å². The summed E-state index contributed by atoms with van der Waals surface area (Å²) in [5, 5.41) is 9.47. The molecule has 2 heterocycles. The molecule has 5 heteroatoms. The van der Waals surface area contributed by atoms with Gasteiger partial charge in [0.1, 0.15) is 0 Å². The molecule has 32 heavy (non-hydrogen) atoms. The zero-order chi connectivity index (χ0) is 22.7. The van der Waals surface area contributed by atoms with Crippen LogP contribution in [0.3, 0.4) is 0 Å². The molecule has 0 saturated carbocycles. The topological polar surface area (TPSA) is 64.2 Å². The van der Waals surface area contributed by atoms with Crippen molar-refractivity contribution in [1.82, 2.24) is 9.13 Å². The van der Waals surface area contributed by atoms with E-state index in [0.29, 0.717) is 23.4 Å². The number of aryl methyl sites for hydroxylation is 2. The minimum absolute atomic E-state index is 0.00400. The van der Waals surface area contributed by atoms with E-state index in [0.717, 1.165) is 16.7 Å². The summed E-state index contributed by atoms with van der Waals surface area (Å²) in [5.41, 5.74) is 5.20. The molecule has 4 rings (SSSR count). The minimum atomic E-state index is -0.945. The third-order valence-corrected chi connectivity index (χ3v) is 5.37. The molecule has 0 fully saturated rings. The first-order chi connectivity index (χ1) is 15.4. The van der Waals surface area contributed by atoms with Crippen LogP contribution in [0.1, 0.15) is 37.5 Å². The van der Waals surface area contributed by atoms with Crippen LogP contribution < -0.4 is 0 Å². The molecule has 0 unspecified atom stereocenters. The highest BCUT2D eigenvalue weighted by Gasteiger charge is 2.14. The van der Waals surface area contributed by atoms with Gasteiger partial charge in [-0.2, -0.15) is 0 Å². The highest BCUT2D eigenvalue weighted by atomic mass is 16.4. The maximum atomic E-state index is 12.9. The Hall–Kier alpha value is -4.12. The number of aromatic nitrogens is 2. The van der Waals surface area contributed by atoms with Gasteiger partial charge in [0.2, 0.25) is 5.78 Å². The molecule has 0 saturated heterocycles. The number of carbonyl (C=O) groups is 2. The Morgan fingerprint density at radius 1 is 1.00 bits per heavy atom. The van der Waals surface area contributed by atoms with E-state index in [1.165, 1.54) is 0 Å². The number of rotatable bonds is 7. The fraction of sp³-hybridized carbons (Fsp3) is 0.111. The third kappa shape index (κ3) is 4.47. The van der Waals surface area contributed by atoms with Crippen LogP contribution >= 0.6 is 0 Å². The van der Waals surface area contributed by atoms with Gasteiger partial charge in [-0.15, -0.1) is 0 Å². The van der Waals surface area contributed by atoms with Crippen molar-refractivity contribution in [3.05, 3.63) is 113 Å². The van der Waals surface area contributed by atoms with Crippen LogP contribution in [-0.2, 0) is 13.6 Å². The maximum absolute atomic E-state index is 12.9. The molecular formula is C27H24N2O3. The molecular weight excluding hydrogens is 400 g/mol. The number of ketones is 1. The van der Waals surface area contributed by atoms with E-state index in [1.54, 1.807) is 10.8 Å². The molecule has 160 valence electrons. The molecule has 2 aromatic heterocycles. The van der Waals surface area contributed by atoms with E-state index in [9.17, 15) is 14.7 Å². The SMILES string of the molecule is Cc1ccc(C(=O)c2cccn2C/C=C/c2cccc(-c3cn(C)cc3C(=O)O)c2)cc1. The lowest BCUT2D eigenvalue weighted by atomic mass is 10.0. The van der Waals surface area contributed by atoms with E-state index in [4.69, 9.17) is 0 Å². The summed E-state index contributed by atoms with van der Waals surface area (Å²) in [6.45, 7) is 2.55. The van der Waals surface area contributed by atoms with E-state index in [2.05, 4.69) is 0 Å². The van der Waals surface area contributed by atoms with Gasteiger partial charge in [-0.3, -0.25) is 4.79 Å². The number of hydrogen-bond donors (Lipinski definition) is 1. The normalized spacial score (nSPS) is 11.2. The van der Waals surface area contributed by atoms with Crippen molar-refractivity contribution in [2.75, 3.05) is 0 Å². The molecule has 0 amide bonds. The Kier molecular flexibility index (Phi) is 5.90. The van der Waals surface area contributed by atoms with E-state index < -0.39 is 5.97 Å². The quantitative estimate of drug-likeness (QED) is 0.402. The van der Waals surface area contributed by atoms with Gasteiger partial charge in [0.15, 0.2) is 0 Å². The van der Waals surface area contributed by atoms with Gasteiger partial charge in [-0.1, -0.05) is 60.2 Å². The first kappa shape index (κ1) is 21.1. The number of nitrogens with zero attached hydrogens (tertiary/aromatic N) is 2. The predicted molar refractivity (Wildman–Crippen MR) is 126 cm³/mol. The molecule has 0 bridgehead atoms. The van der Waals surface area contributed by atoms with Gasteiger partial charge in [0.25, 0.3) is 0 Å². The smallest absolute Gasteiger partial charge is 0.337 e. The number of hydrogen-bond acceptors (Lipinski definition) is 2. The van der Waals surface area contributed by atoms with E-state index in [1.807, 2.05) is 104 Å². The lowest BCUT2D eigenvalue weighted by Crippen LogP contribution is -2.09. The van der Waals surface area contributed by atoms with Crippen LogP contribution in [0.25, 0.3) is 17.2 Å². The summed E-state index contributed by atoms with van der Waals surface area (Å²) in [6.07, 6.45) is 9.29. The molecule has 0 radical (unpaired) electrons. The monoisotopic (exact) mass is 424 g/mol. The van der Waals surface area contributed by atoms with Crippen molar-refractivity contribution >= 4 is 17.8 Å². The molecule has 1 N–H and O–H groups in total. The second-order valence-corrected chi connectivity index (χ2v) is 7.82. The summed E-state index contributed by atoms with van der Waals surface area (Å²) in [4.78, 5) is 24.4. The second kappa shape index (κ2) is 8.94. The van der Waals surface area contributed by atoms with Crippen molar-refractivity contribution in [2.45, 2.75) is 13.5 Å². The molecule has 0 atom stereocenters. The van der Waals surface area contributed by atoms with Crippen LogP contribution in [0, 0.1) is 6.92 Å². The molecule has 0 aliphatic rings. The fourth-order valence-corrected chi connectivity index (χ4v) is 3.73. The average Bonchev–Trinajstić information content (AvgIpc) is 3.41. The van der Waals surface area contributed by atoms with E-state index in [-0.39, 0.29) is 11.3 Å². The van der Waals surface area contributed by atoms with Crippen LogP contribution in [0.15, 0.2) is 85.3 Å².